The molecular formula is C13H15Br2NO2. The fourth-order valence-electron chi connectivity index (χ4n) is 1.91. The molecule has 1 heterocycles. The molecule has 1 aromatic rings. The summed E-state index contributed by atoms with van der Waals surface area (Å²) in [7, 11) is 0. The van der Waals surface area contributed by atoms with E-state index in [0.717, 1.165) is 20.9 Å². The van der Waals surface area contributed by atoms with E-state index in [-0.39, 0.29) is 12.0 Å². The smallest absolute Gasteiger partial charge is 0.254 e. The predicted molar refractivity (Wildman–Crippen MR) is 78.3 cm³/mol. The zero-order chi connectivity index (χ0) is 13.1. The first-order valence-corrected chi connectivity index (χ1v) is 7.76. The molecule has 1 aliphatic rings. The standard InChI is InChI=1S/C13H15Br2NO2/c1-9-2-3-10(6-12(9)15)13(17)16-4-5-18-11(7-14)8-16/h2-3,6,11H,4-5,7-8H2,1H3. The van der Waals surface area contributed by atoms with Gasteiger partial charge in [0.2, 0.25) is 0 Å². The van der Waals surface area contributed by atoms with E-state index in [2.05, 4.69) is 31.9 Å². The van der Waals surface area contributed by atoms with Gasteiger partial charge >= 0.3 is 0 Å². The number of halogens is 2. The van der Waals surface area contributed by atoms with Crippen molar-refractivity contribution in [2.75, 3.05) is 25.0 Å². The minimum atomic E-state index is 0.0740. The van der Waals surface area contributed by atoms with Crippen molar-refractivity contribution >= 4 is 37.8 Å². The van der Waals surface area contributed by atoms with Gasteiger partial charge in [-0.15, -0.1) is 0 Å². The van der Waals surface area contributed by atoms with Gasteiger partial charge < -0.3 is 9.64 Å². The maximum atomic E-state index is 12.4. The molecule has 1 aromatic carbocycles. The minimum absolute atomic E-state index is 0.0740. The molecule has 1 atom stereocenters. The molecule has 98 valence electrons. The molecule has 0 N–H and O–H groups in total. The highest BCUT2D eigenvalue weighted by Gasteiger charge is 2.24. The van der Waals surface area contributed by atoms with Crippen LogP contribution in [0.4, 0.5) is 0 Å². The van der Waals surface area contributed by atoms with Crippen LogP contribution in [0, 0.1) is 6.92 Å². The van der Waals surface area contributed by atoms with E-state index in [0.29, 0.717) is 19.7 Å². The summed E-state index contributed by atoms with van der Waals surface area (Å²) in [5.41, 5.74) is 1.86. The lowest BCUT2D eigenvalue weighted by Gasteiger charge is -2.32. The topological polar surface area (TPSA) is 29.5 Å². The fraction of sp³-hybridized carbons (Fsp3) is 0.462. The highest BCUT2D eigenvalue weighted by Crippen LogP contribution is 2.19. The summed E-state index contributed by atoms with van der Waals surface area (Å²) in [6, 6.07) is 5.72. The third kappa shape index (κ3) is 3.13. The van der Waals surface area contributed by atoms with Crippen molar-refractivity contribution in [3.63, 3.8) is 0 Å². The molecule has 5 heteroatoms. The summed E-state index contributed by atoms with van der Waals surface area (Å²) >= 11 is 6.86. The highest BCUT2D eigenvalue weighted by molar-refractivity contribution is 9.10. The Kier molecular flexibility index (Phi) is 4.81. The number of rotatable bonds is 2. The molecule has 1 saturated heterocycles. The summed E-state index contributed by atoms with van der Waals surface area (Å²) in [5.74, 6) is 0.0740. The average Bonchev–Trinajstić information content (AvgIpc) is 2.41. The van der Waals surface area contributed by atoms with Crippen molar-refractivity contribution in [3.8, 4) is 0 Å². The molecule has 0 radical (unpaired) electrons. The van der Waals surface area contributed by atoms with E-state index in [4.69, 9.17) is 4.74 Å². The van der Waals surface area contributed by atoms with Crippen LogP contribution in [0.2, 0.25) is 0 Å². The van der Waals surface area contributed by atoms with Crippen LogP contribution in [-0.4, -0.2) is 41.9 Å². The average molecular weight is 377 g/mol. The lowest BCUT2D eigenvalue weighted by molar-refractivity contribution is -0.00965. The normalized spacial score (nSPS) is 19.9. The van der Waals surface area contributed by atoms with E-state index in [1.807, 2.05) is 30.0 Å². The Hall–Kier alpha value is -0.390. The Morgan fingerprint density at radius 2 is 2.33 bits per heavy atom. The van der Waals surface area contributed by atoms with Gasteiger partial charge in [-0.1, -0.05) is 37.9 Å². The third-order valence-corrected chi connectivity index (χ3v) is 4.59. The lowest BCUT2D eigenvalue weighted by atomic mass is 10.1. The molecule has 2 rings (SSSR count). The largest absolute Gasteiger partial charge is 0.374 e. The number of amides is 1. The van der Waals surface area contributed by atoms with Crippen LogP contribution in [0.3, 0.4) is 0 Å². The quantitative estimate of drug-likeness (QED) is 0.742. The highest BCUT2D eigenvalue weighted by atomic mass is 79.9. The minimum Gasteiger partial charge on any atom is -0.374 e. The Labute approximate surface area is 124 Å². The molecular weight excluding hydrogens is 362 g/mol. The molecule has 0 aromatic heterocycles. The van der Waals surface area contributed by atoms with Crippen LogP contribution in [0.5, 0.6) is 0 Å². The van der Waals surface area contributed by atoms with Gasteiger partial charge in [-0.2, -0.15) is 0 Å². The van der Waals surface area contributed by atoms with Gasteiger partial charge in [0, 0.05) is 28.5 Å². The zero-order valence-electron chi connectivity index (χ0n) is 10.2. The Morgan fingerprint density at radius 1 is 1.56 bits per heavy atom. The predicted octanol–water partition coefficient (Wildman–Crippen LogP) is 2.99. The Morgan fingerprint density at radius 3 is 3.00 bits per heavy atom. The summed E-state index contributed by atoms with van der Waals surface area (Å²) in [6.07, 6.45) is 0.0941. The second kappa shape index (κ2) is 6.17. The van der Waals surface area contributed by atoms with Gasteiger partial charge in [-0.25, -0.2) is 0 Å². The number of hydrogen-bond acceptors (Lipinski definition) is 2. The zero-order valence-corrected chi connectivity index (χ0v) is 13.3. The van der Waals surface area contributed by atoms with E-state index in [9.17, 15) is 4.79 Å². The SMILES string of the molecule is Cc1ccc(C(=O)N2CCOC(CBr)C2)cc1Br. The van der Waals surface area contributed by atoms with Crippen LogP contribution < -0.4 is 0 Å². The number of benzene rings is 1. The molecule has 0 saturated carbocycles. The van der Waals surface area contributed by atoms with Gasteiger partial charge in [0.05, 0.1) is 12.7 Å². The van der Waals surface area contributed by atoms with E-state index >= 15 is 0 Å². The number of nitrogens with zero attached hydrogens (tertiary/aromatic N) is 1. The number of carbonyl (C=O) groups excluding carboxylic acids is 1. The second-order valence-electron chi connectivity index (χ2n) is 4.36. The van der Waals surface area contributed by atoms with Crippen LogP contribution >= 0.6 is 31.9 Å². The maximum absolute atomic E-state index is 12.4. The molecule has 18 heavy (non-hydrogen) atoms. The summed E-state index contributed by atoms with van der Waals surface area (Å²) in [5, 5.41) is 0.758. The molecule has 0 aliphatic carbocycles. The van der Waals surface area contributed by atoms with Crippen molar-refractivity contribution in [1.29, 1.82) is 0 Å². The van der Waals surface area contributed by atoms with Crippen molar-refractivity contribution in [1.82, 2.24) is 4.90 Å². The van der Waals surface area contributed by atoms with Crippen LogP contribution in [-0.2, 0) is 4.74 Å². The Bertz CT molecular complexity index is 451. The molecule has 0 bridgehead atoms. The summed E-state index contributed by atoms with van der Waals surface area (Å²) in [6.45, 7) is 3.92. The summed E-state index contributed by atoms with van der Waals surface area (Å²) in [4.78, 5) is 14.2. The van der Waals surface area contributed by atoms with E-state index < -0.39 is 0 Å². The monoisotopic (exact) mass is 375 g/mol. The van der Waals surface area contributed by atoms with Gasteiger partial charge in [-0.05, 0) is 24.6 Å². The fourth-order valence-corrected chi connectivity index (χ4v) is 2.68. The third-order valence-electron chi connectivity index (χ3n) is 3.02. The van der Waals surface area contributed by atoms with E-state index in [1.54, 1.807) is 0 Å². The number of ether oxygens (including phenoxy) is 1. The summed E-state index contributed by atoms with van der Waals surface area (Å²) < 4.78 is 6.51. The van der Waals surface area contributed by atoms with Gasteiger partial charge in [0.25, 0.3) is 5.91 Å². The molecule has 1 amide bonds. The van der Waals surface area contributed by atoms with Crippen LogP contribution in [0.25, 0.3) is 0 Å². The maximum Gasteiger partial charge on any atom is 0.254 e. The number of carbonyl (C=O) groups is 1. The van der Waals surface area contributed by atoms with Gasteiger partial charge in [0.15, 0.2) is 0 Å². The first-order valence-electron chi connectivity index (χ1n) is 5.85. The van der Waals surface area contributed by atoms with Crippen LogP contribution in [0.1, 0.15) is 15.9 Å². The van der Waals surface area contributed by atoms with E-state index in [1.165, 1.54) is 0 Å². The Balaban J connectivity index is 2.12. The number of hydrogen-bond donors (Lipinski definition) is 0. The molecule has 1 fully saturated rings. The lowest BCUT2D eigenvalue weighted by Crippen LogP contribution is -2.46. The van der Waals surface area contributed by atoms with Gasteiger partial charge in [0.1, 0.15) is 0 Å². The second-order valence-corrected chi connectivity index (χ2v) is 5.86. The van der Waals surface area contributed by atoms with Crippen molar-refractivity contribution in [3.05, 3.63) is 33.8 Å². The number of aryl methyl sites for hydroxylation is 1. The number of morpholine rings is 1. The molecule has 3 nitrogen and oxygen atoms in total. The number of alkyl halides is 1. The van der Waals surface area contributed by atoms with Crippen molar-refractivity contribution in [2.45, 2.75) is 13.0 Å². The van der Waals surface area contributed by atoms with Crippen molar-refractivity contribution < 1.29 is 9.53 Å². The van der Waals surface area contributed by atoms with Gasteiger partial charge in [-0.3, -0.25) is 4.79 Å². The van der Waals surface area contributed by atoms with Crippen molar-refractivity contribution in [2.24, 2.45) is 0 Å². The molecule has 0 spiro atoms. The van der Waals surface area contributed by atoms with Crippen LogP contribution in [0.15, 0.2) is 22.7 Å². The first-order chi connectivity index (χ1) is 8.61. The molecule has 1 aliphatic heterocycles. The first kappa shape index (κ1) is 14.0. The molecule has 1 unspecified atom stereocenters.